The fourth-order valence-electron chi connectivity index (χ4n) is 3.53. The number of esters is 1. The Kier molecular flexibility index (Phi) is 5.70. The number of carbonyl (C=O) groups is 1. The SMILES string of the molecule is CC(C)c1nc2c(Cl)cc(C(F)(F)F)cn2c1COC(=O)C1CCCCC1. The van der Waals surface area contributed by atoms with Crippen molar-refractivity contribution in [3.63, 3.8) is 0 Å². The lowest BCUT2D eigenvalue weighted by Gasteiger charge is -2.20. The molecule has 0 aliphatic heterocycles. The predicted molar refractivity (Wildman–Crippen MR) is 95.7 cm³/mol. The highest BCUT2D eigenvalue weighted by molar-refractivity contribution is 6.33. The molecule has 27 heavy (non-hydrogen) atoms. The number of pyridine rings is 1. The quantitative estimate of drug-likeness (QED) is 0.611. The van der Waals surface area contributed by atoms with Crippen LogP contribution in [-0.2, 0) is 22.3 Å². The van der Waals surface area contributed by atoms with Crippen LogP contribution in [-0.4, -0.2) is 15.4 Å². The van der Waals surface area contributed by atoms with E-state index in [1.807, 2.05) is 13.8 Å². The summed E-state index contributed by atoms with van der Waals surface area (Å²) in [7, 11) is 0. The van der Waals surface area contributed by atoms with E-state index in [4.69, 9.17) is 16.3 Å². The number of nitrogens with zero attached hydrogens (tertiary/aromatic N) is 2. The lowest BCUT2D eigenvalue weighted by molar-refractivity contribution is -0.151. The van der Waals surface area contributed by atoms with Crippen molar-refractivity contribution in [3.8, 4) is 0 Å². The number of carbonyl (C=O) groups excluding carboxylic acids is 1. The van der Waals surface area contributed by atoms with E-state index in [9.17, 15) is 18.0 Å². The van der Waals surface area contributed by atoms with Crippen LogP contribution in [0, 0.1) is 5.92 Å². The Morgan fingerprint density at radius 2 is 2.00 bits per heavy atom. The molecule has 2 heterocycles. The van der Waals surface area contributed by atoms with Gasteiger partial charge in [0, 0.05) is 6.20 Å². The highest BCUT2D eigenvalue weighted by Gasteiger charge is 2.33. The summed E-state index contributed by atoms with van der Waals surface area (Å²) in [5.74, 6) is -0.481. The molecule has 148 valence electrons. The largest absolute Gasteiger partial charge is 0.459 e. The first-order chi connectivity index (χ1) is 12.7. The topological polar surface area (TPSA) is 43.6 Å². The molecule has 3 rings (SSSR count). The van der Waals surface area contributed by atoms with E-state index in [0.29, 0.717) is 11.4 Å². The molecule has 0 radical (unpaired) electrons. The summed E-state index contributed by atoms with van der Waals surface area (Å²) in [4.78, 5) is 16.7. The summed E-state index contributed by atoms with van der Waals surface area (Å²) in [6.45, 7) is 3.64. The Bertz CT molecular complexity index is 840. The van der Waals surface area contributed by atoms with E-state index in [0.717, 1.165) is 44.4 Å². The van der Waals surface area contributed by atoms with Crippen LogP contribution in [0.2, 0.25) is 5.02 Å². The van der Waals surface area contributed by atoms with Crippen LogP contribution in [0.3, 0.4) is 0 Å². The molecule has 0 N–H and O–H groups in total. The standard InChI is InChI=1S/C19H22ClF3N2O2/c1-11(2)16-15(10-27-18(26)12-6-4-3-5-7-12)25-9-13(19(21,22)23)8-14(20)17(25)24-16/h8-9,11-12H,3-7,10H2,1-2H3. The number of halogens is 4. The fraction of sp³-hybridized carbons (Fsp3) is 0.579. The van der Waals surface area contributed by atoms with Crippen molar-refractivity contribution in [2.24, 2.45) is 5.92 Å². The highest BCUT2D eigenvalue weighted by Crippen LogP contribution is 2.34. The summed E-state index contributed by atoms with van der Waals surface area (Å²) >= 11 is 6.05. The molecule has 0 unspecified atom stereocenters. The average Bonchev–Trinajstić information content (AvgIpc) is 2.99. The molecule has 1 fully saturated rings. The number of hydrogen-bond donors (Lipinski definition) is 0. The van der Waals surface area contributed by atoms with Gasteiger partial charge in [-0.25, -0.2) is 4.98 Å². The number of hydrogen-bond acceptors (Lipinski definition) is 3. The average molecular weight is 403 g/mol. The van der Waals surface area contributed by atoms with Gasteiger partial charge in [-0.1, -0.05) is 44.7 Å². The number of alkyl halides is 3. The second-order valence-electron chi connectivity index (χ2n) is 7.31. The van der Waals surface area contributed by atoms with Gasteiger partial charge >= 0.3 is 12.1 Å². The van der Waals surface area contributed by atoms with E-state index >= 15 is 0 Å². The van der Waals surface area contributed by atoms with E-state index in [2.05, 4.69) is 4.98 Å². The zero-order chi connectivity index (χ0) is 19.8. The molecule has 2 aromatic rings. The molecule has 0 aromatic carbocycles. The van der Waals surface area contributed by atoms with Crippen LogP contribution < -0.4 is 0 Å². The molecule has 0 spiro atoms. The minimum absolute atomic E-state index is 0.0568. The van der Waals surface area contributed by atoms with Gasteiger partial charge in [-0.3, -0.25) is 9.20 Å². The molecule has 0 atom stereocenters. The van der Waals surface area contributed by atoms with Gasteiger partial charge in [-0.05, 0) is 24.8 Å². The van der Waals surface area contributed by atoms with Gasteiger partial charge in [0.05, 0.1) is 27.9 Å². The molecule has 1 aliphatic carbocycles. The highest BCUT2D eigenvalue weighted by atomic mass is 35.5. The molecule has 2 aromatic heterocycles. The first kappa shape index (κ1) is 20.0. The van der Waals surface area contributed by atoms with E-state index in [1.165, 1.54) is 4.40 Å². The predicted octanol–water partition coefficient (Wildman–Crippen LogP) is 5.75. The smallest absolute Gasteiger partial charge is 0.417 e. The molecular formula is C19H22ClF3N2O2. The molecule has 0 saturated heterocycles. The van der Waals surface area contributed by atoms with Crippen molar-refractivity contribution in [2.45, 2.75) is 64.7 Å². The van der Waals surface area contributed by atoms with Gasteiger partial charge < -0.3 is 4.74 Å². The Morgan fingerprint density at radius 1 is 1.33 bits per heavy atom. The van der Waals surface area contributed by atoms with Crippen molar-refractivity contribution in [1.29, 1.82) is 0 Å². The molecule has 1 saturated carbocycles. The van der Waals surface area contributed by atoms with E-state index < -0.39 is 11.7 Å². The maximum atomic E-state index is 13.2. The van der Waals surface area contributed by atoms with Gasteiger partial charge in [0.2, 0.25) is 0 Å². The molecule has 8 heteroatoms. The monoisotopic (exact) mass is 402 g/mol. The Morgan fingerprint density at radius 3 is 2.59 bits per heavy atom. The minimum atomic E-state index is -4.53. The van der Waals surface area contributed by atoms with Crippen LogP contribution in [0.15, 0.2) is 12.3 Å². The van der Waals surface area contributed by atoms with Crippen LogP contribution in [0.25, 0.3) is 5.65 Å². The Balaban J connectivity index is 1.95. The summed E-state index contributed by atoms with van der Waals surface area (Å²) < 4.78 is 46.3. The second kappa shape index (κ2) is 7.70. The van der Waals surface area contributed by atoms with Crippen molar-refractivity contribution < 1.29 is 22.7 Å². The van der Waals surface area contributed by atoms with Gasteiger partial charge in [-0.2, -0.15) is 13.2 Å². The first-order valence-corrected chi connectivity index (χ1v) is 9.50. The lowest BCUT2D eigenvalue weighted by Crippen LogP contribution is -2.20. The van der Waals surface area contributed by atoms with Crippen molar-refractivity contribution in [1.82, 2.24) is 9.38 Å². The number of aromatic nitrogens is 2. The molecule has 0 bridgehead atoms. The van der Waals surface area contributed by atoms with Gasteiger partial charge in [0.15, 0.2) is 5.65 Å². The first-order valence-electron chi connectivity index (χ1n) is 9.12. The molecule has 1 aliphatic rings. The third-order valence-electron chi connectivity index (χ3n) is 4.97. The summed E-state index contributed by atoms with van der Waals surface area (Å²) in [5.41, 5.74) is 0.370. The van der Waals surface area contributed by atoms with E-state index in [-0.39, 0.29) is 35.1 Å². The normalized spacial score (nSPS) is 16.3. The Labute approximate surface area is 160 Å². The third kappa shape index (κ3) is 4.23. The maximum absolute atomic E-state index is 13.2. The van der Waals surface area contributed by atoms with Crippen LogP contribution in [0.1, 0.15) is 68.8 Å². The van der Waals surface area contributed by atoms with Crippen LogP contribution in [0.4, 0.5) is 13.2 Å². The number of imidazole rings is 1. The summed E-state index contributed by atoms with van der Waals surface area (Å²) in [6.07, 6.45) is 1.14. The van der Waals surface area contributed by atoms with Crippen molar-refractivity contribution in [2.75, 3.05) is 0 Å². The van der Waals surface area contributed by atoms with E-state index in [1.54, 1.807) is 0 Å². The lowest BCUT2D eigenvalue weighted by atomic mass is 9.89. The summed E-state index contributed by atoms with van der Waals surface area (Å²) in [6, 6.07) is 0.867. The third-order valence-corrected chi connectivity index (χ3v) is 5.25. The minimum Gasteiger partial charge on any atom is -0.459 e. The van der Waals surface area contributed by atoms with Gasteiger partial charge in [0.1, 0.15) is 6.61 Å². The Hall–Kier alpha value is -1.76. The van der Waals surface area contributed by atoms with Crippen molar-refractivity contribution in [3.05, 3.63) is 34.2 Å². The molecular weight excluding hydrogens is 381 g/mol. The number of fused-ring (bicyclic) bond motifs is 1. The zero-order valence-corrected chi connectivity index (χ0v) is 16.0. The summed E-state index contributed by atoms with van der Waals surface area (Å²) in [5, 5.41) is -0.0865. The maximum Gasteiger partial charge on any atom is 0.417 e. The van der Waals surface area contributed by atoms with Crippen LogP contribution in [0.5, 0.6) is 0 Å². The second-order valence-corrected chi connectivity index (χ2v) is 7.72. The van der Waals surface area contributed by atoms with Crippen molar-refractivity contribution >= 4 is 23.2 Å². The van der Waals surface area contributed by atoms with Gasteiger partial charge in [0.25, 0.3) is 0 Å². The van der Waals surface area contributed by atoms with Gasteiger partial charge in [-0.15, -0.1) is 0 Å². The fourth-order valence-corrected chi connectivity index (χ4v) is 3.78. The zero-order valence-electron chi connectivity index (χ0n) is 15.3. The molecule has 4 nitrogen and oxygen atoms in total. The number of ether oxygens (including phenoxy) is 1. The molecule has 0 amide bonds. The number of rotatable bonds is 4. The van der Waals surface area contributed by atoms with Crippen LogP contribution >= 0.6 is 11.6 Å².